The van der Waals surface area contributed by atoms with E-state index >= 15 is 0 Å². The summed E-state index contributed by atoms with van der Waals surface area (Å²) in [5.41, 5.74) is 0.479. The van der Waals surface area contributed by atoms with Gasteiger partial charge in [-0.3, -0.25) is 4.79 Å². The first-order chi connectivity index (χ1) is 8.50. The lowest BCUT2D eigenvalue weighted by atomic mass is 10.2. The highest BCUT2D eigenvalue weighted by atomic mass is 79.9. The molecule has 1 saturated heterocycles. The van der Waals surface area contributed by atoms with Gasteiger partial charge in [0.25, 0.3) is 5.91 Å². The molecule has 0 saturated carbocycles. The molecule has 1 aliphatic heterocycles. The summed E-state index contributed by atoms with van der Waals surface area (Å²) in [6, 6.07) is 4.47. The molecule has 0 aliphatic carbocycles. The molecule has 18 heavy (non-hydrogen) atoms. The number of carboxylic acid groups (broad SMARTS) is 1. The van der Waals surface area contributed by atoms with Gasteiger partial charge >= 0.3 is 5.97 Å². The molecule has 1 aromatic carbocycles. The standard InChI is InChI=1S/C11H9Br2NO3S/c12-6-1-2-7(8(13)3-6)10(15)14-5-18-4-9(14)11(16)17/h1-3,9H,4-5H2,(H,16,17)/t9-/m0/s1. The lowest BCUT2D eigenvalue weighted by molar-refractivity contribution is -0.140. The summed E-state index contributed by atoms with van der Waals surface area (Å²) in [7, 11) is 0. The van der Waals surface area contributed by atoms with Gasteiger partial charge in [0.05, 0.1) is 11.4 Å². The van der Waals surface area contributed by atoms with E-state index in [0.29, 0.717) is 21.7 Å². The number of nitrogens with zero attached hydrogens (tertiary/aromatic N) is 1. The smallest absolute Gasteiger partial charge is 0.327 e. The molecule has 0 radical (unpaired) electrons. The molecule has 1 atom stereocenters. The van der Waals surface area contributed by atoms with Crippen LogP contribution in [0.2, 0.25) is 0 Å². The second-order valence-electron chi connectivity index (χ2n) is 3.75. The number of rotatable bonds is 2. The van der Waals surface area contributed by atoms with Crippen molar-refractivity contribution in [1.29, 1.82) is 0 Å². The molecule has 0 bridgehead atoms. The normalized spacial score (nSPS) is 19.0. The second-order valence-corrected chi connectivity index (χ2v) is 6.52. The Morgan fingerprint density at radius 1 is 1.39 bits per heavy atom. The molecular formula is C11H9Br2NO3S. The highest BCUT2D eigenvalue weighted by Gasteiger charge is 2.35. The van der Waals surface area contributed by atoms with E-state index in [9.17, 15) is 9.59 Å². The molecule has 4 nitrogen and oxygen atoms in total. The second kappa shape index (κ2) is 5.63. The molecule has 1 aliphatic rings. The quantitative estimate of drug-likeness (QED) is 0.837. The van der Waals surface area contributed by atoms with Crippen molar-refractivity contribution >= 4 is 55.5 Å². The summed E-state index contributed by atoms with van der Waals surface area (Å²) in [4.78, 5) is 24.7. The van der Waals surface area contributed by atoms with Gasteiger partial charge in [0, 0.05) is 14.7 Å². The molecular weight excluding hydrogens is 386 g/mol. The summed E-state index contributed by atoms with van der Waals surface area (Å²) in [5, 5.41) is 9.07. The van der Waals surface area contributed by atoms with Crippen LogP contribution in [0.3, 0.4) is 0 Å². The van der Waals surface area contributed by atoms with Crippen LogP contribution in [-0.4, -0.2) is 39.6 Å². The van der Waals surface area contributed by atoms with Gasteiger partial charge in [-0.2, -0.15) is 0 Å². The fraction of sp³-hybridized carbons (Fsp3) is 0.273. The van der Waals surface area contributed by atoms with Gasteiger partial charge in [-0.25, -0.2) is 4.79 Å². The van der Waals surface area contributed by atoms with Crippen LogP contribution < -0.4 is 0 Å². The average Bonchev–Trinajstić information content (AvgIpc) is 2.77. The summed E-state index contributed by atoms with van der Waals surface area (Å²) in [5.74, 6) is -0.360. The summed E-state index contributed by atoms with van der Waals surface area (Å²) in [6.07, 6.45) is 0. The number of carboxylic acids is 1. The maximum atomic E-state index is 12.3. The Hall–Kier alpha value is -0.530. The maximum Gasteiger partial charge on any atom is 0.327 e. The van der Waals surface area contributed by atoms with Gasteiger partial charge in [0.15, 0.2) is 0 Å². The number of hydrogen-bond donors (Lipinski definition) is 1. The van der Waals surface area contributed by atoms with Crippen LogP contribution in [0.15, 0.2) is 27.1 Å². The topological polar surface area (TPSA) is 57.6 Å². The van der Waals surface area contributed by atoms with Crippen molar-refractivity contribution in [2.45, 2.75) is 6.04 Å². The van der Waals surface area contributed by atoms with Gasteiger partial charge in [0.2, 0.25) is 0 Å². The third-order valence-corrected chi connectivity index (χ3v) is 4.75. The first kappa shape index (κ1) is 13.9. The molecule has 1 amide bonds. The van der Waals surface area contributed by atoms with Crippen molar-refractivity contribution in [3.8, 4) is 0 Å². The number of carbonyl (C=O) groups excluding carboxylic acids is 1. The first-order valence-electron chi connectivity index (χ1n) is 5.07. The molecule has 2 rings (SSSR count). The van der Waals surface area contributed by atoms with Crippen molar-refractivity contribution in [3.05, 3.63) is 32.7 Å². The Bertz CT molecular complexity index is 509. The summed E-state index contributed by atoms with van der Waals surface area (Å²) < 4.78 is 1.51. The van der Waals surface area contributed by atoms with E-state index in [1.807, 2.05) is 0 Å². The van der Waals surface area contributed by atoms with Crippen LogP contribution in [0.4, 0.5) is 0 Å². The minimum atomic E-state index is -0.957. The number of aliphatic carboxylic acids is 1. The number of thioether (sulfide) groups is 1. The van der Waals surface area contributed by atoms with E-state index in [4.69, 9.17) is 5.11 Å². The molecule has 0 unspecified atom stereocenters. The number of halogens is 2. The van der Waals surface area contributed by atoms with Crippen molar-refractivity contribution in [3.63, 3.8) is 0 Å². The molecule has 7 heteroatoms. The Balaban J connectivity index is 2.28. The van der Waals surface area contributed by atoms with Crippen LogP contribution in [0.25, 0.3) is 0 Å². The van der Waals surface area contributed by atoms with Crippen LogP contribution in [0.5, 0.6) is 0 Å². The Kier molecular flexibility index (Phi) is 4.34. The maximum absolute atomic E-state index is 12.3. The van der Waals surface area contributed by atoms with Crippen LogP contribution >= 0.6 is 43.6 Å². The molecule has 1 aromatic rings. The lowest BCUT2D eigenvalue weighted by Gasteiger charge is -2.21. The average molecular weight is 395 g/mol. The van der Waals surface area contributed by atoms with Gasteiger partial charge in [0.1, 0.15) is 6.04 Å². The van der Waals surface area contributed by atoms with Crippen LogP contribution in [-0.2, 0) is 4.79 Å². The molecule has 0 spiro atoms. The van der Waals surface area contributed by atoms with Crippen molar-refractivity contribution in [2.75, 3.05) is 11.6 Å². The third kappa shape index (κ3) is 2.73. The predicted molar refractivity (Wildman–Crippen MR) is 76.8 cm³/mol. The zero-order valence-corrected chi connectivity index (χ0v) is 13.1. The Labute approximate surface area is 125 Å². The molecule has 0 aromatic heterocycles. The minimum Gasteiger partial charge on any atom is -0.480 e. The molecule has 1 N–H and O–H groups in total. The largest absolute Gasteiger partial charge is 0.480 e. The minimum absolute atomic E-state index is 0.258. The monoisotopic (exact) mass is 393 g/mol. The van der Waals surface area contributed by atoms with Crippen molar-refractivity contribution < 1.29 is 14.7 Å². The van der Waals surface area contributed by atoms with E-state index in [0.717, 1.165) is 4.47 Å². The predicted octanol–water partition coefficient (Wildman–Crippen LogP) is 2.81. The summed E-state index contributed by atoms with van der Waals surface area (Å²) in [6.45, 7) is 0. The highest BCUT2D eigenvalue weighted by molar-refractivity contribution is 9.11. The lowest BCUT2D eigenvalue weighted by Crippen LogP contribution is -2.41. The van der Waals surface area contributed by atoms with Gasteiger partial charge in [-0.1, -0.05) is 15.9 Å². The number of carbonyl (C=O) groups is 2. The van der Waals surface area contributed by atoms with Crippen LogP contribution in [0, 0.1) is 0 Å². The SMILES string of the molecule is O=C(O)[C@@H]1CSCN1C(=O)c1ccc(Br)cc1Br. The third-order valence-electron chi connectivity index (χ3n) is 2.59. The Morgan fingerprint density at radius 3 is 2.72 bits per heavy atom. The van der Waals surface area contributed by atoms with Gasteiger partial charge in [-0.05, 0) is 34.1 Å². The van der Waals surface area contributed by atoms with E-state index in [2.05, 4.69) is 31.9 Å². The first-order valence-corrected chi connectivity index (χ1v) is 7.81. The molecule has 96 valence electrons. The molecule has 1 heterocycles. The number of hydrogen-bond acceptors (Lipinski definition) is 3. The fourth-order valence-corrected chi connectivity index (χ4v) is 4.03. The van der Waals surface area contributed by atoms with Crippen molar-refractivity contribution in [2.24, 2.45) is 0 Å². The zero-order valence-electron chi connectivity index (χ0n) is 9.10. The zero-order chi connectivity index (χ0) is 13.3. The van der Waals surface area contributed by atoms with Crippen LogP contribution in [0.1, 0.15) is 10.4 Å². The number of amides is 1. The fourth-order valence-electron chi connectivity index (χ4n) is 1.67. The molecule has 1 fully saturated rings. The van der Waals surface area contributed by atoms with Crippen molar-refractivity contribution in [1.82, 2.24) is 4.90 Å². The number of benzene rings is 1. The van der Waals surface area contributed by atoms with E-state index in [-0.39, 0.29) is 5.91 Å². The van der Waals surface area contributed by atoms with Gasteiger partial charge in [-0.15, -0.1) is 11.8 Å². The Morgan fingerprint density at radius 2 is 2.11 bits per heavy atom. The van der Waals surface area contributed by atoms with E-state index < -0.39 is 12.0 Å². The summed E-state index contributed by atoms with van der Waals surface area (Å²) >= 11 is 8.08. The highest BCUT2D eigenvalue weighted by Crippen LogP contribution is 2.27. The van der Waals surface area contributed by atoms with E-state index in [1.165, 1.54) is 16.7 Å². The van der Waals surface area contributed by atoms with E-state index in [1.54, 1.807) is 18.2 Å². The van der Waals surface area contributed by atoms with Gasteiger partial charge < -0.3 is 10.0 Å².